The molecule has 0 aromatic carbocycles. The first-order valence-electron chi connectivity index (χ1n) is 6.84. The van der Waals surface area contributed by atoms with Crippen molar-refractivity contribution in [2.24, 2.45) is 5.92 Å². The molecule has 18 heavy (non-hydrogen) atoms. The second kappa shape index (κ2) is 7.36. The van der Waals surface area contributed by atoms with Crippen LogP contribution in [0.5, 0.6) is 0 Å². The van der Waals surface area contributed by atoms with Crippen LogP contribution in [0.1, 0.15) is 33.1 Å². The molecule has 0 aromatic heterocycles. The summed E-state index contributed by atoms with van der Waals surface area (Å²) in [5.41, 5.74) is 0. The molecule has 0 aliphatic carbocycles. The number of hydrogen-bond donors (Lipinski definition) is 2. The summed E-state index contributed by atoms with van der Waals surface area (Å²) in [6, 6.07) is -0.277. The van der Waals surface area contributed by atoms with Gasteiger partial charge in [0.05, 0.1) is 0 Å². The lowest BCUT2D eigenvalue weighted by Gasteiger charge is -2.36. The summed E-state index contributed by atoms with van der Waals surface area (Å²) < 4.78 is 0. The standard InChI is InChI=1S/C13H25N3O2/c1-4-15-9-10(2)13(18)16-8-6-5-7-11(16)12(17)14-3/h10-11,15H,4-9H2,1-3H3,(H,14,17). The first kappa shape index (κ1) is 15.0. The van der Waals surface area contributed by atoms with Crippen molar-refractivity contribution < 1.29 is 9.59 Å². The highest BCUT2D eigenvalue weighted by Gasteiger charge is 2.33. The fourth-order valence-corrected chi connectivity index (χ4v) is 2.37. The van der Waals surface area contributed by atoms with Gasteiger partial charge >= 0.3 is 0 Å². The fourth-order valence-electron chi connectivity index (χ4n) is 2.37. The van der Waals surface area contributed by atoms with Crippen LogP contribution in [0.3, 0.4) is 0 Å². The quantitative estimate of drug-likeness (QED) is 0.745. The van der Waals surface area contributed by atoms with Crippen molar-refractivity contribution in [3.05, 3.63) is 0 Å². The number of piperidine rings is 1. The molecule has 2 N–H and O–H groups in total. The fraction of sp³-hybridized carbons (Fsp3) is 0.846. The molecule has 1 saturated heterocycles. The Morgan fingerprint density at radius 3 is 2.72 bits per heavy atom. The zero-order valence-corrected chi connectivity index (χ0v) is 11.7. The number of amides is 2. The third-order valence-corrected chi connectivity index (χ3v) is 3.46. The van der Waals surface area contributed by atoms with Crippen molar-refractivity contribution >= 4 is 11.8 Å². The molecule has 1 heterocycles. The molecule has 1 fully saturated rings. The van der Waals surface area contributed by atoms with E-state index in [0.29, 0.717) is 13.1 Å². The molecular formula is C13H25N3O2. The topological polar surface area (TPSA) is 61.4 Å². The summed E-state index contributed by atoms with van der Waals surface area (Å²) in [5.74, 6) is -0.0295. The maximum absolute atomic E-state index is 12.3. The summed E-state index contributed by atoms with van der Waals surface area (Å²) in [7, 11) is 1.63. The number of nitrogens with zero attached hydrogens (tertiary/aromatic N) is 1. The van der Waals surface area contributed by atoms with Gasteiger partial charge in [0.25, 0.3) is 0 Å². The monoisotopic (exact) mass is 255 g/mol. The van der Waals surface area contributed by atoms with Gasteiger partial charge in [-0.3, -0.25) is 9.59 Å². The number of likely N-dealkylation sites (N-methyl/N-ethyl adjacent to an activating group) is 1. The minimum atomic E-state index is -0.277. The van der Waals surface area contributed by atoms with Crippen molar-refractivity contribution in [2.45, 2.75) is 39.2 Å². The Hall–Kier alpha value is -1.10. The molecule has 5 nitrogen and oxygen atoms in total. The van der Waals surface area contributed by atoms with E-state index in [2.05, 4.69) is 10.6 Å². The average molecular weight is 255 g/mol. The van der Waals surface area contributed by atoms with Gasteiger partial charge in [-0.15, -0.1) is 0 Å². The second-order valence-electron chi connectivity index (χ2n) is 4.87. The Balaban J connectivity index is 2.64. The molecule has 0 saturated carbocycles. The lowest BCUT2D eigenvalue weighted by molar-refractivity contribution is -0.144. The molecule has 2 atom stereocenters. The first-order chi connectivity index (χ1) is 8.61. The van der Waals surface area contributed by atoms with Crippen LogP contribution in [-0.2, 0) is 9.59 Å². The molecular weight excluding hydrogens is 230 g/mol. The van der Waals surface area contributed by atoms with E-state index in [1.165, 1.54) is 0 Å². The maximum Gasteiger partial charge on any atom is 0.242 e. The highest BCUT2D eigenvalue weighted by molar-refractivity contribution is 5.88. The number of likely N-dealkylation sites (tertiary alicyclic amines) is 1. The smallest absolute Gasteiger partial charge is 0.242 e. The predicted octanol–water partition coefficient (Wildman–Crippen LogP) is 0.359. The van der Waals surface area contributed by atoms with Crippen LogP contribution in [-0.4, -0.2) is 49.4 Å². The number of rotatable bonds is 5. The number of hydrogen-bond acceptors (Lipinski definition) is 3. The Kier molecular flexibility index (Phi) is 6.12. The molecule has 5 heteroatoms. The summed E-state index contributed by atoms with van der Waals surface area (Å²) in [4.78, 5) is 25.9. The lowest BCUT2D eigenvalue weighted by Crippen LogP contribution is -2.53. The van der Waals surface area contributed by atoms with Gasteiger partial charge in [0.1, 0.15) is 6.04 Å². The van der Waals surface area contributed by atoms with E-state index in [1.807, 2.05) is 13.8 Å². The second-order valence-corrected chi connectivity index (χ2v) is 4.87. The van der Waals surface area contributed by atoms with Crippen LogP contribution in [0.25, 0.3) is 0 Å². The molecule has 1 aliphatic rings. The summed E-state index contributed by atoms with van der Waals surface area (Å²) in [5, 5.41) is 5.83. The molecule has 1 aliphatic heterocycles. The average Bonchev–Trinajstić information content (AvgIpc) is 2.43. The van der Waals surface area contributed by atoms with Gasteiger partial charge < -0.3 is 15.5 Å². The van der Waals surface area contributed by atoms with E-state index < -0.39 is 0 Å². The van der Waals surface area contributed by atoms with Gasteiger partial charge in [-0.1, -0.05) is 13.8 Å². The van der Waals surface area contributed by atoms with Gasteiger partial charge in [-0.2, -0.15) is 0 Å². The SMILES string of the molecule is CCNCC(C)C(=O)N1CCCCC1C(=O)NC. The Bertz CT molecular complexity index is 294. The van der Waals surface area contributed by atoms with Gasteiger partial charge in [0, 0.05) is 26.1 Å². The molecule has 0 radical (unpaired) electrons. The van der Waals surface area contributed by atoms with Gasteiger partial charge in [0.2, 0.25) is 11.8 Å². The largest absolute Gasteiger partial charge is 0.357 e. The number of carbonyl (C=O) groups is 2. The van der Waals surface area contributed by atoms with Crippen molar-refractivity contribution in [1.29, 1.82) is 0 Å². The van der Waals surface area contributed by atoms with E-state index in [-0.39, 0.29) is 23.8 Å². The van der Waals surface area contributed by atoms with Crippen LogP contribution >= 0.6 is 0 Å². The molecule has 0 spiro atoms. The Morgan fingerprint density at radius 2 is 2.11 bits per heavy atom. The van der Waals surface area contributed by atoms with Crippen LogP contribution in [0.2, 0.25) is 0 Å². The van der Waals surface area contributed by atoms with E-state index in [1.54, 1.807) is 11.9 Å². The molecule has 2 amide bonds. The van der Waals surface area contributed by atoms with E-state index in [0.717, 1.165) is 25.8 Å². The molecule has 0 bridgehead atoms. The molecule has 2 unspecified atom stereocenters. The minimum absolute atomic E-state index is 0.0429. The summed E-state index contributed by atoms with van der Waals surface area (Å²) in [6.45, 7) is 6.17. The van der Waals surface area contributed by atoms with E-state index in [9.17, 15) is 9.59 Å². The Labute approximate surface area is 109 Å². The highest BCUT2D eigenvalue weighted by atomic mass is 16.2. The third-order valence-electron chi connectivity index (χ3n) is 3.46. The van der Waals surface area contributed by atoms with E-state index >= 15 is 0 Å². The van der Waals surface area contributed by atoms with Crippen molar-refractivity contribution in [1.82, 2.24) is 15.5 Å². The normalized spacial score (nSPS) is 21.5. The highest BCUT2D eigenvalue weighted by Crippen LogP contribution is 2.19. The maximum atomic E-state index is 12.3. The number of nitrogens with one attached hydrogen (secondary N) is 2. The van der Waals surface area contributed by atoms with E-state index in [4.69, 9.17) is 0 Å². The molecule has 1 rings (SSSR count). The zero-order valence-electron chi connectivity index (χ0n) is 11.7. The lowest BCUT2D eigenvalue weighted by atomic mass is 9.99. The number of carbonyl (C=O) groups excluding carboxylic acids is 2. The van der Waals surface area contributed by atoms with Crippen LogP contribution in [0.4, 0.5) is 0 Å². The molecule has 104 valence electrons. The Morgan fingerprint density at radius 1 is 1.39 bits per heavy atom. The van der Waals surface area contributed by atoms with Gasteiger partial charge in [-0.05, 0) is 25.8 Å². The minimum Gasteiger partial charge on any atom is -0.357 e. The molecule has 0 aromatic rings. The summed E-state index contributed by atoms with van der Waals surface area (Å²) in [6.07, 6.45) is 2.79. The summed E-state index contributed by atoms with van der Waals surface area (Å²) >= 11 is 0. The van der Waals surface area contributed by atoms with Crippen LogP contribution in [0, 0.1) is 5.92 Å². The van der Waals surface area contributed by atoms with Crippen molar-refractivity contribution in [2.75, 3.05) is 26.7 Å². The first-order valence-corrected chi connectivity index (χ1v) is 6.84. The predicted molar refractivity (Wildman–Crippen MR) is 71.1 cm³/mol. The van der Waals surface area contributed by atoms with Gasteiger partial charge in [0.15, 0.2) is 0 Å². The zero-order chi connectivity index (χ0) is 13.5. The van der Waals surface area contributed by atoms with Gasteiger partial charge in [-0.25, -0.2) is 0 Å². The third kappa shape index (κ3) is 3.70. The van der Waals surface area contributed by atoms with Crippen LogP contribution < -0.4 is 10.6 Å². The van der Waals surface area contributed by atoms with Crippen molar-refractivity contribution in [3.63, 3.8) is 0 Å². The van der Waals surface area contributed by atoms with Crippen molar-refractivity contribution in [3.8, 4) is 0 Å². The van der Waals surface area contributed by atoms with Crippen LogP contribution in [0.15, 0.2) is 0 Å².